The van der Waals surface area contributed by atoms with Crippen molar-refractivity contribution in [3.8, 4) is 0 Å². The van der Waals surface area contributed by atoms with Gasteiger partial charge in [-0.15, -0.1) is 0 Å². The Balaban J connectivity index is 2.09. The molecule has 1 unspecified atom stereocenters. The van der Waals surface area contributed by atoms with Crippen molar-refractivity contribution in [1.82, 2.24) is 4.72 Å². The van der Waals surface area contributed by atoms with Gasteiger partial charge >= 0.3 is 6.18 Å². The van der Waals surface area contributed by atoms with E-state index in [4.69, 9.17) is 4.42 Å². The SMILES string of the molecule is CC(Cc1ccoc1)NS(=O)(=O)c1ccc(C(F)(F)F)cc1. The van der Waals surface area contributed by atoms with Gasteiger partial charge in [-0.1, -0.05) is 0 Å². The smallest absolute Gasteiger partial charge is 0.416 e. The van der Waals surface area contributed by atoms with Gasteiger partial charge in [-0.3, -0.25) is 0 Å². The van der Waals surface area contributed by atoms with Crippen molar-refractivity contribution in [2.24, 2.45) is 0 Å². The van der Waals surface area contributed by atoms with Crippen LogP contribution in [0.3, 0.4) is 0 Å². The highest BCUT2D eigenvalue weighted by Gasteiger charge is 2.30. The van der Waals surface area contributed by atoms with Crippen molar-refractivity contribution in [3.05, 3.63) is 54.0 Å². The molecular formula is C14H14F3NO3S. The van der Waals surface area contributed by atoms with E-state index in [1.54, 1.807) is 13.0 Å². The first-order valence-electron chi connectivity index (χ1n) is 6.39. The molecule has 0 aliphatic carbocycles. The van der Waals surface area contributed by atoms with E-state index >= 15 is 0 Å². The molecule has 0 amide bonds. The van der Waals surface area contributed by atoms with Crippen LogP contribution in [0.4, 0.5) is 13.2 Å². The highest BCUT2D eigenvalue weighted by molar-refractivity contribution is 7.89. The third kappa shape index (κ3) is 4.11. The van der Waals surface area contributed by atoms with Crippen LogP contribution in [0.2, 0.25) is 0 Å². The minimum Gasteiger partial charge on any atom is -0.472 e. The summed E-state index contributed by atoms with van der Waals surface area (Å²) in [5, 5.41) is 0. The van der Waals surface area contributed by atoms with E-state index in [1.165, 1.54) is 12.5 Å². The molecule has 120 valence electrons. The summed E-state index contributed by atoms with van der Waals surface area (Å²) in [6.07, 6.45) is -1.10. The fraction of sp³-hybridized carbons (Fsp3) is 0.286. The molecule has 2 aromatic rings. The van der Waals surface area contributed by atoms with Gasteiger partial charge < -0.3 is 4.42 Å². The quantitative estimate of drug-likeness (QED) is 0.914. The number of alkyl halides is 3. The highest BCUT2D eigenvalue weighted by Crippen LogP contribution is 2.29. The zero-order chi connectivity index (χ0) is 16.4. The minimum atomic E-state index is -4.50. The molecule has 1 aromatic heterocycles. The van der Waals surface area contributed by atoms with E-state index in [0.29, 0.717) is 6.42 Å². The van der Waals surface area contributed by atoms with Crippen LogP contribution in [0.1, 0.15) is 18.1 Å². The van der Waals surface area contributed by atoms with E-state index in [2.05, 4.69) is 4.72 Å². The van der Waals surface area contributed by atoms with Gasteiger partial charge in [0.2, 0.25) is 10.0 Å². The molecule has 0 bridgehead atoms. The van der Waals surface area contributed by atoms with Crippen LogP contribution in [-0.4, -0.2) is 14.5 Å². The van der Waals surface area contributed by atoms with E-state index in [0.717, 1.165) is 29.8 Å². The van der Waals surface area contributed by atoms with Gasteiger partial charge in [0, 0.05) is 6.04 Å². The molecule has 1 atom stereocenters. The van der Waals surface area contributed by atoms with Gasteiger partial charge in [0.1, 0.15) is 0 Å². The molecule has 8 heteroatoms. The lowest BCUT2D eigenvalue weighted by atomic mass is 10.1. The summed E-state index contributed by atoms with van der Waals surface area (Å²) in [5.74, 6) is 0. The van der Waals surface area contributed by atoms with Crippen LogP contribution >= 0.6 is 0 Å². The second-order valence-electron chi connectivity index (χ2n) is 4.88. The van der Waals surface area contributed by atoms with Gasteiger partial charge in [0.15, 0.2) is 0 Å². The molecule has 0 fully saturated rings. The van der Waals surface area contributed by atoms with Crippen molar-refractivity contribution < 1.29 is 26.0 Å². The molecule has 0 aliphatic heterocycles. The van der Waals surface area contributed by atoms with Crippen LogP contribution in [0.15, 0.2) is 52.2 Å². The number of rotatable bonds is 5. The van der Waals surface area contributed by atoms with Crippen LogP contribution in [0.25, 0.3) is 0 Å². The predicted molar refractivity (Wildman–Crippen MR) is 73.6 cm³/mol. The second kappa shape index (κ2) is 6.13. The second-order valence-corrected chi connectivity index (χ2v) is 6.59. The molecule has 0 saturated heterocycles. The van der Waals surface area contributed by atoms with Crippen molar-refractivity contribution >= 4 is 10.0 Å². The first-order chi connectivity index (χ1) is 10.2. The largest absolute Gasteiger partial charge is 0.472 e. The maximum Gasteiger partial charge on any atom is 0.416 e. The first-order valence-corrected chi connectivity index (χ1v) is 7.87. The Bertz CT molecular complexity index is 707. The van der Waals surface area contributed by atoms with E-state index < -0.39 is 27.8 Å². The number of nitrogens with one attached hydrogen (secondary N) is 1. The van der Waals surface area contributed by atoms with Gasteiger partial charge in [-0.2, -0.15) is 13.2 Å². The third-order valence-electron chi connectivity index (χ3n) is 2.97. The molecule has 4 nitrogen and oxygen atoms in total. The maximum absolute atomic E-state index is 12.5. The number of furan rings is 1. The number of benzene rings is 1. The van der Waals surface area contributed by atoms with Crippen molar-refractivity contribution in [1.29, 1.82) is 0 Å². The molecule has 0 radical (unpaired) electrons. The van der Waals surface area contributed by atoms with E-state index in [-0.39, 0.29) is 4.90 Å². The Morgan fingerprint density at radius 1 is 1.18 bits per heavy atom. The fourth-order valence-corrected chi connectivity index (χ4v) is 3.20. The zero-order valence-corrected chi connectivity index (χ0v) is 12.4. The molecule has 22 heavy (non-hydrogen) atoms. The number of hydrogen-bond donors (Lipinski definition) is 1. The molecule has 0 saturated carbocycles. The van der Waals surface area contributed by atoms with Crippen LogP contribution in [0.5, 0.6) is 0 Å². The van der Waals surface area contributed by atoms with Crippen LogP contribution in [-0.2, 0) is 22.6 Å². The third-order valence-corrected chi connectivity index (χ3v) is 4.58. The summed E-state index contributed by atoms with van der Waals surface area (Å²) in [7, 11) is -3.87. The number of halogens is 3. The highest BCUT2D eigenvalue weighted by atomic mass is 32.2. The molecule has 1 heterocycles. The molecular weight excluding hydrogens is 319 g/mol. The Morgan fingerprint density at radius 3 is 2.32 bits per heavy atom. The topological polar surface area (TPSA) is 59.3 Å². The summed E-state index contributed by atoms with van der Waals surface area (Å²) in [5.41, 5.74) is -0.0690. The Hall–Kier alpha value is -1.80. The normalized spacial score (nSPS) is 14.0. The standard InChI is InChI=1S/C14H14F3NO3S/c1-10(8-11-6-7-21-9-11)18-22(19,20)13-4-2-12(3-5-13)14(15,16)17/h2-7,9-10,18H,8H2,1H3. The van der Waals surface area contributed by atoms with Gasteiger partial charge in [-0.25, -0.2) is 13.1 Å². The summed E-state index contributed by atoms with van der Waals surface area (Å²) >= 11 is 0. The Labute approximate surface area is 126 Å². The summed E-state index contributed by atoms with van der Waals surface area (Å²) < 4.78 is 68.9. The Morgan fingerprint density at radius 2 is 1.82 bits per heavy atom. The van der Waals surface area contributed by atoms with E-state index in [9.17, 15) is 21.6 Å². The van der Waals surface area contributed by atoms with Crippen LogP contribution < -0.4 is 4.72 Å². The lowest BCUT2D eigenvalue weighted by molar-refractivity contribution is -0.137. The molecule has 0 aliphatic rings. The summed E-state index contributed by atoms with van der Waals surface area (Å²) in [6, 6.07) is 4.66. The zero-order valence-electron chi connectivity index (χ0n) is 11.6. The Kier molecular flexibility index (Phi) is 4.62. The average Bonchev–Trinajstić information content (AvgIpc) is 2.90. The van der Waals surface area contributed by atoms with E-state index in [1.807, 2.05) is 0 Å². The van der Waals surface area contributed by atoms with Gasteiger partial charge in [0.25, 0.3) is 0 Å². The number of sulfonamides is 1. The first kappa shape index (κ1) is 16.6. The molecule has 1 aromatic carbocycles. The molecule has 0 spiro atoms. The molecule has 2 rings (SSSR count). The maximum atomic E-state index is 12.5. The summed E-state index contributed by atoms with van der Waals surface area (Å²) in [6.45, 7) is 1.66. The summed E-state index contributed by atoms with van der Waals surface area (Å²) in [4.78, 5) is -0.209. The van der Waals surface area contributed by atoms with Crippen molar-refractivity contribution in [2.75, 3.05) is 0 Å². The van der Waals surface area contributed by atoms with Crippen LogP contribution in [0, 0.1) is 0 Å². The predicted octanol–water partition coefficient (Wildman–Crippen LogP) is 3.21. The van der Waals surface area contributed by atoms with Crippen molar-refractivity contribution in [2.45, 2.75) is 30.5 Å². The number of hydrogen-bond acceptors (Lipinski definition) is 3. The van der Waals surface area contributed by atoms with Crippen molar-refractivity contribution in [3.63, 3.8) is 0 Å². The lowest BCUT2D eigenvalue weighted by Gasteiger charge is -2.14. The van der Waals surface area contributed by atoms with Gasteiger partial charge in [-0.05, 0) is 49.2 Å². The fourth-order valence-electron chi connectivity index (χ4n) is 1.96. The monoisotopic (exact) mass is 333 g/mol. The van der Waals surface area contributed by atoms with Gasteiger partial charge in [0.05, 0.1) is 23.0 Å². The lowest BCUT2D eigenvalue weighted by Crippen LogP contribution is -2.34. The molecule has 1 N–H and O–H groups in total. The minimum absolute atomic E-state index is 0.209. The average molecular weight is 333 g/mol.